The van der Waals surface area contributed by atoms with Gasteiger partial charge in [0.25, 0.3) is 5.91 Å². The molecule has 1 fully saturated rings. The molecule has 1 saturated heterocycles. The molecule has 1 N–H and O–H groups in total. The highest BCUT2D eigenvalue weighted by atomic mass is 35.5. The van der Waals surface area contributed by atoms with Crippen LogP contribution in [0.3, 0.4) is 0 Å². The summed E-state index contributed by atoms with van der Waals surface area (Å²) in [6.45, 7) is 3.26. The van der Waals surface area contributed by atoms with Crippen molar-refractivity contribution in [3.05, 3.63) is 52.1 Å². The molecule has 0 atom stereocenters. The van der Waals surface area contributed by atoms with Crippen molar-refractivity contribution in [2.24, 2.45) is 0 Å². The Kier molecular flexibility index (Phi) is 6.18. The van der Waals surface area contributed by atoms with Gasteiger partial charge in [-0.3, -0.25) is 4.79 Å². The van der Waals surface area contributed by atoms with Crippen molar-refractivity contribution in [1.82, 2.24) is 4.90 Å². The number of ether oxygens (including phenoxy) is 1. The molecule has 0 unspecified atom stereocenters. The maximum Gasteiger partial charge on any atom is 0.261 e. The average Bonchev–Trinajstić information content (AvgIpc) is 2.68. The minimum Gasteiger partial charge on any atom is -0.491 e. The summed E-state index contributed by atoms with van der Waals surface area (Å²) in [6.07, 6.45) is 0. The first kappa shape index (κ1) is 21.2. The molecule has 1 aliphatic rings. The van der Waals surface area contributed by atoms with Crippen LogP contribution in [0.25, 0.3) is 0 Å². The Morgan fingerprint density at radius 2 is 1.62 bits per heavy atom. The zero-order valence-corrected chi connectivity index (χ0v) is 16.4. The maximum atomic E-state index is 14.1. The summed E-state index contributed by atoms with van der Waals surface area (Å²) in [5, 5.41) is 2.53. The van der Waals surface area contributed by atoms with E-state index in [0.29, 0.717) is 5.02 Å². The van der Waals surface area contributed by atoms with Crippen molar-refractivity contribution in [3.8, 4) is 5.75 Å². The first-order valence-corrected chi connectivity index (χ1v) is 9.06. The SMILES string of the molecule is COc1c(F)c(F)c(C(=O)Nc2ccc(N3CCN(C)CC3)c(Cl)c2)c(F)c1F. The van der Waals surface area contributed by atoms with E-state index in [9.17, 15) is 22.4 Å². The molecule has 2 aromatic rings. The molecule has 1 amide bonds. The molecule has 0 aliphatic carbocycles. The molecule has 3 rings (SSSR count). The fourth-order valence-electron chi connectivity index (χ4n) is 3.07. The summed E-state index contributed by atoms with van der Waals surface area (Å²) in [5.41, 5.74) is -0.523. The summed E-state index contributed by atoms with van der Waals surface area (Å²) in [7, 11) is 2.87. The van der Waals surface area contributed by atoms with Gasteiger partial charge >= 0.3 is 0 Å². The van der Waals surface area contributed by atoms with E-state index in [-0.39, 0.29) is 5.69 Å². The molecule has 1 aliphatic heterocycles. The molecular formula is C19H18ClF4N3O2. The topological polar surface area (TPSA) is 44.8 Å². The third kappa shape index (κ3) is 4.11. The van der Waals surface area contributed by atoms with Crippen LogP contribution >= 0.6 is 11.6 Å². The smallest absolute Gasteiger partial charge is 0.261 e. The average molecular weight is 432 g/mol. The van der Waals surface area contributed by atoms with Crippen molar-refractivity contribution in [2.45, 2.75) is 0 Å². The molecule has 2 aromatic carbocycles. The second-order valence-electron chi connectivity index (χ2n) is 6.57. The Morgan fingerprint density at radius 3 is 2.14 bits per heavy atom. The first-order valence-electron chi connectivity index (χ1n) is 8.69. The van der Waals surface area contributed by atoms with Gasteiger partial charge in [0.15, 0.2) is 17.4 Å². The molecule has 1 heterocycles. The summed E-state index contributed by atoms with van der Waals surface area (Å²) in [6, 6.07) is 4.55. The van der Waals surface area contributed by atoms with Crippen molar-refractivity contribution < 1.29 is 27.1 Å². The number of carbonyl (C=O) groups excluding carboxylic acids is 1. The minimum atomic E-state index is -1.85. The Bertz CT molecular complexity index is 921. The van der Waals surface area contributed by atoms with E-state index in [1.165, 1.54) is 12.1 Å². The summed E-state index contributed by atoms with van der Waals surface area (Å²) in [5.74, 6) is -9.88. The first-order chi connectivity index (χ1) is 13.7. The number of piperazine rings is 1. The summed E-state index contributed by atoms with van der Waals surface area (Å²) < 4.78 is 60.2. The number of methoxy groups -OCH3 is 1. The lowest BCUT2D eigenvalue weighted by Crippen LogP contribution is -2.44. The molecule has 10 heteroatoms. The fraction of sp³-hybridized carbons (Fsp3) is 0.316. The largest absolute Gasteiger partial charge is 0.491 e. The predicted molar refractivity (Wildman–Crippen MR) is 102 cm³/mol. The zero-order valence-electron chi connectivity index (χ0n) is 15.7. The van der Waals surface area contributed by atoms with E-state index in [4.69, 9.17) is 11.6 Å². The predicted octanol–water partition coefficient (Wildman–Crippen LogP) is 3.91. The summed E-state index contributed by atoms with van der Waals surface area (Å²) >= 11 is 6.29. The number of nitrogens with zero attached hydrogens (tertiary/aromatic N) is 2. The van der Waals surface area contributed by atoms with Gasteiger partial charge in [-0.1, -0.05) is 11.6 Å². The number of likely N-dealkylation sites (N-methyl/N-ethyl adjacent to an activating group) is 1. The van der Waals surface area contributed by atoms with Crippen LogP contribution < -0.4 is 15.0 Å². The monoisotopic (exact) mass is 431 g/mol. The molecule has 156 valence electrons. The Balaban J connectivity index is 1.84. The second-order valence-corrected chi connectivity index (χ2v) is 6.98. The maximum absolute atomic E-state index is 14.1. The number of nitrogens with one attached hydrogen (secondary N) is 1. The number of anilines is 2. The minimum absolute atomic E-state index is 0.119. The van der Waals surface area contributed by atoms with Crippen molar-refractivity contribution in [1.29, 1.82) is 0 Å². The van der Waals surface area contributed by atoms with Crippen molar-refractivity contribution >= 4 is 28.9 Å². The van der Waals surface area contributed by atoms with E-state index >= 15 is 0 Å². The van der Waals surface area contributed by atoms with Gasteiger partial charge in [0.2, 0.25) is 11.6 Å². The Morgan fingerprint density at radius 1 is 1.03 bits per heavy atom. The Labute approximate surface area is 169 Å². The van der Waals surface area contributed by atoms with Crippen LogP contribution in [0.4, 0.5) is 28.9 Å². The highest BCUT2D eigenvalue weighted by molar-refractivity contribution is 6.33. The fourth-order valence-corrected chi connectivity index (χ4v) is 3.37. The molecule has 29 heavy (non-hydrogen) atoms. The van der Waals surface area contributed by atoms with E-state index in [1.807, 2.05) is 7.05 Å². The van der Waals surface area contributed by atoms with Crippen molar-refractivity contribution in [3.63, 3.8) is 0 Å². The van der Waals surface area contributed by atoms with E-state index < -0.39 is 40.5 Å². The van der Waals surface area contributed by atoms with Crippen LogP contribution in [0.1, 0.15) is 10.4 Å². The zero-order chi connectivity index (χ0) is 21.3. The van der Waals surface area contributed by atoms with Gasteiger partial charge in [-0.25, -0.2) is 8.78 Å². The van der Waals surface area contributed by atoms with Crippen LogP contribution in [0, 0.1) is 23.3 Å². The lowest BCUT2D eigenvalue weighted by molar-refractivity contribution is 0.101. The second kappa shape index (κ2) is 8.46. The normalized spacial score (nSPS) is 14.8. The standard InChI is InChI=1S/C19H18ClF4N3O2/c1-26-5-7-27(8-6-26)12-4-3-10(9-11(12)20)25-19(28)13-14(21)16(23)18(29-2)17(24)15(13)22/h3-4,9H,5-8H2,1-2H3,(H,25,28). The molecule has 0 radical (unpaired) electrons. The lowest BCUT2D eigenvalue weighted by atomic mass is 10.1. The quantitative estimate of drug-likeness (QED) is 0.589. The highest BCUT2D eigenvalue weighted by Gasteiger charge is 2.30. The van der Waals surface area contributed by atoms with Gasteiger partial charge in [-0.2, -0.15) is 8.78 Å². The van der Waals surface area contributed by atoms with Crippen molar-refractivity contribution in [2.75, 3.05) is 50.6 Å². The molecule has 5 nitrogen and oxygen atoms in total. The number of carbonyl (C=O) groups is 1. The van der Waals surface area contributed by atoms with Gasteiger partial charge in [-0.05, 0) is 25.2 Å². The highest BCUT2D eigenvalue weighted by Crippen LogP contribution is 2.32. The van der Waals surface area contributed by atoms with E-state index in [2.05, 4.69) is 19.9 Å². The van der Waals surface area contributed by atoms with Crippen LogP contribution in [0.2, 0.25) is 5.02 Å². The lowest BCUT2D eigenvalue weighted by Gasteiger charge is -2.34. The molecule has 0 saturated carbocycles. The molecular weight excluding hydrogens is 414 g/mol. The number of amides is 1. The van der Waals surface area contributed by atoms with Gasteiger partial charge in [-0.15, -0.1) is 0 Å². The van der Waals surface area contributed by atoms with E-state index in [0.717, 1.165) is 39.0 Å². The molecule has 0 spiro atoms. The molecule has 0 bridgehead atoms. The third-order valence-corrected chi connectivity index (χ3v) is 5.01. The Hall–Kier alpha value is -2.52. The number of hydrogen-bond donors (Lipinski definition) is 1. The van der Waals surface area contributed by atoms with Gasteiger partial charge in [0, 0.05) is 31.9 Å². The van der Waals surface area contributed by atoms with Crippen LogP contribution in [0.15, 0.2) is 18.2 Å². The van der Waals surface area contributed by atoms with Crippen LogP contribution in [0.5, 0.6) is 5.75 Å². The number of rotatable bonds is 4. The van der Waals surface area contributed by atoms with Gasteiger partial charge < -0.3 is 19.9 Å². The number of halogens is 5. The number of hydrogen-bond acceptors (Lipinski definition) is 4. The number of benzene rings is 2. The third-order valence-electron chi connectivity index (χ3n) is 4.70. The van der Waals surface area contributed by atoms with Gasteiger partial charge in [0.05, 0.1) is 17.8 Å². The van der Waals surface area contributed by atoms with Crippen LogP contribution in [-0.2, 0) is 0 Å². The van der Waals surface area contributed by atoms with E-state index in [1.54, 1.807) is 6.07 Å². The molecule has 0 aromatic heterocycles. The van der Waals surface area contributed by atoms with Crippen LogP contribution in [-0.4, -0.2) is 51.1 Å². The summed E-state index contributed by atoms with van der Waals surface area (Å²) in [4.78, 5) is 16.5. The van der Waals surface area contributed by atoms with Gasteiger partial charge in [0.1, 0.15) is 5.56 Å².